The average molecular weight is 201 g/mol. The van der Waals surface area contributed by atoms with Gasteiger partial charge in [0.25, 0.3) is 0 Å². The van der Waals surface area contributed by atoms with Crippen molar-refractivity contribution in [2.24, 2.45) is 0 Å². The van der Waals surface area contributed by atoms with Gasteiger partial charge in [-0.2, -0.15) is 0 Å². The van der Waals surface area contributed by atoms with Crippen LogP contribution in [0.2, 0.25) is 6.32 Å². The molecule has 0 aliphatic heterocycles. The van der Waals surface area contributed by atoms with Crippen molar-refractivity contribution in [3.63, 3.8) is 0 Å². The zero-order valence-electron chi connectivity index (χ0n) is 7.50. The summed E-state index contributed by atoms with van der Waals surface area (Å²) >= 11 is 0. The summed E-state index contributed by atoms with van der Waals surface area (Å²) in [5.74, 6) is 0. The van der Waals surface area contributed by atoms with Gasteiger partial charge in [-0.15, -0.1) is 0 Å². The van der Waals surface area contributed by atoms with Crippen LogP contribution in [0.15, 0.2) is 24.3 Å². The summed E-state index contributed by atoms with van der Waals surface area (Å²) in [4.78, 5) is 0. The predicted octanol–water partition coefficient (Wildman–Crippen LogP) is 1.72. The Morgan fingerprint density at radius 1 is 1.25 bits per heavy atom. The number of allylic oxidation sites excluding steroid dienone is 4. The molecule has 0 N–H and O–H groups in total. The van der Waals surface area contributed by atoms with Gasteiger partial charge in [-0.3, -0.25) is 0 Å². The van der Waals surface area contributed by atoms with E-state index in [-0.39, 0.29) is 16.8 Å². The van der Waals surface area contributed by atoms with Crippen molar-refractivity contribution in [2.45, 2.75) is 26.1 Å². The van der Waals surface area contributed by atoms with Crippen LogP contribution in [0.5, 0.6) is 0 Å². The van der Waals surface area contributed by atoms with E-state index in [1.165, 1.54) is 12.8 Å². The van der Waals surface area contributed by atoms with Gasteiger partial charge in [0.15, 0.2) is 0 Å². The third kappa shape index (κ3) is 12.8. The first kappa shape index (κ1) is 14.7. The van der Waals surface area contributed by atoms with Gasteiger partial charge in [0, 0.05) is 31.6 Å². The third-order valence-corrected chi connectivity index (χ3v) is 1.26. The molecule has 5 radical (unpaired) electrons. The second kappa shape index (κ2) is 13.7. The Bertz CT molecular complexity index is 109. The second-order valence-corrected chi connectivity index (χ2v) is 2.27. The zero-order valence-corrected chi connectivity index (χ0v) is 8.54. The molecule has 0 aromatic carbocycles. The fourth-order valence-corrected chi connectivity index (χ4v) is 0.678. The van der Waals surface area contributed by atoms with Gasteiger partial charge in [-0.1, -0.05) is 37.5 Å². The van der Waals surface area contributed by atoms with Gasteiger partial charge in [0.1, 0.15) is 0 Å². The van der Waals surface area contributed by atoms with Crippen molar-refractivity contribution in [1.82, 2.24) is 0 Å². The van der Waals surface area contributed by atoms with Crippen molar-refractivity contribution in [3.8, 4) is 0 Å². The summed E-state index contributed by atoms with van der Waals surface area (Å²) in [5, 5.41) is 0. The van der Waals surface area contributed by atoms with Crippen LogP contribution in [0.25, 0.3) is 0 Å². The Kier molecular flexibility index (Phi) is 16.8. The van der Waals surface area contributed by atoms with Crippen LogP contribution in [-0.2, 0) is 16.8 Å². The first-order chi connectivity index (χ1) is 5.41. The molecule has 1 aliphatic rings. The molecular weight excluding hydrogens is 187 g/mol. The molecule has 0 heterocycles. The van der Waals surface area contributed by atoms with Gasteiger partial charge in [0.2, 0.25) is 0 Å². The molecule has 0 bridgehead atoms. The second-order valence-electron chi connectivity index (χ2n) is 2.27. The van der Waals surface area contributed by atoms with E-state index in [2.05, 4.69) is 24.3 Å². The van der Waals surface area contributed by atoms with Crippen molar-refractivity contribution >= 4 is 22.0 Å². The smallest absolute Gasteiger partial charge is 0.0541 e. The molecule has 0 spiro atoms. The van der Waals surface area contributed by atoms with Crippen LogP contribution < -0.4 is 0 Å². The van der Waals surface area contributed by atoms with Gasteiger partial charge < -0.3 is 0 Å². The van der Waals surface area contributed by atoms with E-state index in [4.69, 9.17) is 7.74 Å². The zero-order chi connectivity index (χ0) is 8.36. The van der Waals surface area contributed by atoms with Gasteiger partial charge in [0.05, 0.1) is 7.17 Å². The van der Waals surface area contributed by atoms with Gasteiger partial charge in [-0.05, 0) is 12.8 Å². The van der Waals surface area contributed by atoms with Crippen molar-refractivity contribution in [1.29, 1.82) is 0 Å². The van der Waals surface area contributed by atoms with E-state index in [0.29, 0.717) is 0 Å². The normalized spacial score (nSPS) is 12.1. The first-order valence-electron chi connectivity index (χ1n) is 4.10. The van der Waals surface area contributed by atoms with E-state index >= 15 is 0 Å². The Labute approximate surface area is 89.3 Å². The quantitative estimate of drug-likeness (QED) is 0.596. The Morgan fingerprint density at radius 3 is 1.83 bits per heavy atom. The molecule has 0 fully saturated rings. The van der Waals surface area contributed by atoms with Crippen LogP contribution >= 0.6 is 0 Å². The summed E-state index contributed by atoms with van der Waals surface area (Å²) in [6.45, 7) is 2.04. The van der Waals surface area contributed by atoms with Crippen LogP contribution in [0.4, 0.5) is 0 Å². The number of rotatable bonds is 2. The van der Waals surface area contributed by atoms with E-state index in [9.17, 15) is 0 Å². The summed E-state index contributed by atoms with van der Waals surface area (Å²) in [5.41, 5.74) is 0. The van der Waals surface area contributed by atoms with Crippen LogP contribution in [-0.4, -0.2) is 22.0 Å². The molecule has 0 aromatic heterocycles. The van der Waals surface area contributed by atoms with E-state index < -0.39 is 0 Å². The maximum Gasteiger partial charge on any atom is 0.0541 e. The molecule has 0 amide bonds. The molecule has 0 unspecified atom stereocenters. The number of hydrogen-bond acceptors (Lipinski definition) is 0. The SMILES string of the molecule is C1=CCCC=C1.[B][B][B]CC.[Co]. The fourth-order valence-electron chi connectivity index (χ4n) is 0.678. The van der Waals surface area contributed by atoms with E-state index in [1.54, 1.807) is 7.06 Å². The molecular formula is C8H13B3Co. The molecule has 0 atom stereocenters. The topological polar surface area (TPSA) is 0 Å². The van der Waals surface area contributed by atoms with Crippen LogP contribution in [0.3, 0.4) is 0 Å². The summed E-state index contributed by atoms with van der Waals surface area (Å²) in [6, 6.07) is 0. The molecule has 0 aromatic rings. The van der Waals surface area contributed by atoms with E-state index in [0.717, 1.165) is 6.32 Å². The summed E-state index contributed by atoms with van der Waals surface area (Å²) in [7, 11) is 8.42. The monoisotopic (exact) mass is 201 g/mol. The Balaban J connectivity index is 0. The largest absolute Gasteiger partial charge is 0.0923 e. The minimum Gasteiger partial charge on any atom is -0.0923 e. The van der Waals surface area contributed by atoms with E-state index in [1.807, 2.05) is 14.1 Å². The molecule has 0 saturated carbocycles. The molecule has 0 nitrogen and oxygen atoms in total. The Morgan fingerprint density at radius 2 is 1.75 bits per heavy atom. The van der Waals surface area contributed by atoms with Crippen molar-refractivity contribution < 1.29 is 16.8 Å². The minimum absolute atomic E-state index is 0. The number of hydrogen-bond donors (Lipinski definition) is 0. The molecule has 0 saturated heterocycles. The first-order valence-corrected chi connectivity index (χ1v) is 4.10. The summed E-state index contributed by atoms with van der Waals surface area (Å²) in [6.07, 6.45) is 12.0. The predicted molar refractivity (Wildman–Crippen MR) is 55.3 cm³/mol. The molecule has 4 heteroatoms. The van der Waals surface area contributed by atoms with Crippen LogP contribution in [0.1, 0.15) is 19.8 Å². The maximum atomic E-state index is 4.96. The van der Waals surface area contributed by atoms with Gasteiger partial charge in [-0.25, -0.2) is 0 Å². The molecule has 1 rings (SSSR count). The van der Waals surface area contributed by atoms with Crippen LogP contribution in [0, 0.1) is 0 Å². The molecule has 1 aliphatic carbocycles. The summed E-state index contributed by atoms with van der Waals surface area (Å²) < 4.78 is 0. The minimum atomic E-state index is 0. The van der Waals surface area contributed by atoms with Gasteiger partial charge >= 0.3 is 0 Å². The molecule has 63 valence electrons. The maximum absolute atomic E-state index is 4.96. The average Bonchev–Trinajstić information content (AvgIpc) is 2.10. The van der Waals surface area contributed by atoms with Crippen molar-refractivity contribution in [3.05, 3.63) is 24.3 Å². The fraction of sp³-hybridized carbons (Fsp3) is 0.500. The Hall–Kier alpha value is 0.181. The van der Waals surface area contributed by atoms with Crippen molar-refractivity contribution in [2.75, 3.05) is 0 Å². The standard InChI is InChI=1S/C6H8.C2H5B3.Co/c1-2-4-6-5-3-1;1-2-4-5-3;/h1-4H,5-6H2;2H2,1H3;. The third-order valence-electron chi connectivity index (χ3n) is 1.26. The molecule has 12 heavy (non-hydrogen) atoms.